The van der Waals surface area contributed by atoms with Gasteiger partial charge in [0.25, 0.3) is 5.91 Å². The Kier molecular flexibility index (Phi) is 3.02. The smallest absolute Gasteiger partial charge is 0.350 e. The van der Waals surface area contributed by atoms with Crippen molar-refractivity contribution >= 4 is 16.8 Å². The van der Waals surface area contributed by atoms with Gasteiger partial charge in [-0.05, 0) is 12.1 Å². The number of rotatable bonds is 2. The van der Waals surface area contributed by atoms with E-state index in [-0.39, 0.29) is 5.56 Å². The summed E-state index contributed by atoms with van der Waals surface area (Å²) >= 11 is 0. The molecular weight excluding hydrogens is 245 g/mol. The zero-order valence-corrected chi connectivity index (χ0v) is 9.58. The molecule has 0 bridgehead atoms. The number of nitrogens with zero attached hydrogens (tertiary/aromatic N) is 1. The maximum absolute atomic E-state index is 12.0. The maximum Gasteiger partial charge on any atom is 0.405 e. The summed E-state index contributed by atoms with van der Waals surface area (Å²) in [7, 11) is 1.74. The summed E-state index contributed by atoms with van der Waals surface area (Å²) in [5, 5.41) is 2.69. The van der Waals surface area contributed by atoms with Crippen LogP contribution in [0.3, 0.4) is 0 Å². The molecule has 1 heterocycles. The van der Waals surface area contributed by atoms with Crippen LogP contribution in [0.4, 0.5) is 13.2 Å². The molecule has 1 amide bonds. The molecule has 0 aliphatic heterocycles. The van der Waals surface area contributed by atoms with Crippen molar-refractivity contribution in [3.8, 4) is 0 Å². The number of para-hydroxylation sites is 1. The topological polar surface area (TPSA) is 34.0 Å². The standard InChI is InChI=1S/C12H11F3N2O/c1-17-6-5-8-3-2-4-9(10(8)17)11(18)16-7-12(13,14)15/h2-6H,7H2,1H3,(H,16,18). The molecule has 6 heteroatoms. The Morgan fingerprint density at radius 2 is 2.06 bits per heavy atom. The van der Waals surface area contributed by atoms with E-state index < -0.39 is 18.6 Å². The molecule has 0 saturated carbocycles. The van der Waals surface area contributed by atoms with Gasteiger partial charge in [-0.15, -0.1) is 0 Å². The van der Waals surface area contributed by atoms with E-state index in [0.29, 0.717) is 5.52 Å². The lowest BCUT2D eigenvalue weighted by molar-refractivity contribution is -0.123. The van der Waals surface area contributed by atoms with E-state index >= 15 is 0 Å². The number of aryl methyl sites for hydroxylation is 1. The van der Waals surface area contributed by atoms with Gasteiger partial charge in [0, 0.05) is 18.6 Å². The first-order valence-electron chi connectivity index (χ1n) is 5.27. The van der Waals surface area contributed by atoms with Gasteiger partial charge in [-0.25, -0.2) is 0 Å². The fourth-order valence-electron chi connectivity index (χ4n) is 1.82. The van der Waals surface area contributed by atoms with Crippen molar-refractivity contribution in [1.29, 1.82) is 0 Å². The van der Waals surface area contributed by atoms with E-state index in [1.165, 1.54) is 6.07 Å². The molecule has 0 aliphatic carbocycles. The lowest BCUT2D eigenvalue weighted by Crippen LogP contribution is -2.33. The summed E-state index contributed by atoms with van der Waals surface area (Å²) in [5.41, 5.74) is 0.862. The fraction of sp³-hybridized carbons (Fsp3) is 0.250. The van der Waals surface area contributed by atoms with Crippen molar-refractivity contribution in [3.63, 3.8) is 0 Å². The van der Waals surface area contributed by atoms with Gasteiger partial charge in [0.2, 0.25) is 0 Å². The van der Waals surface area contributed by atoms with Crippen molar-refractivity contribution in [2.45, 2.75) is 6.18 Å². The van der Waals surface area contributed by atoms with E-state index in [0.717, 1.165) is 5.39 Å². The molecular formula is C12H11F3N2O. The van der Waals surface area contributed by atoms with E-state index in [2.05, 4.69) is 0 Å². The predicted octanol–water partition coefficient (Wildman–Crippen LogP) is 2.47. The van der Waals surface area contributed by atoms with Gasteiger partial charge in [-0.1, -0.05) is 12.1 Å². The molecule has 2 aromatic rings. The first-order valence-corrected chi connectivity index (χ1v) is 5.27. The average molecular weight is 256 g/mol. The highest BCUT2D eigenvalue weighted by molar-refractivity contribution is 6.05. The molecule has 1 aromatic heterocycles. The van der Waals surface area contributed by atoms with E-state index in [1.807, 2.05) is 5.32 Å². The second-order valence-corrected chi connectivity index (χ2v) is 3.97. The lowest BCUT2D eigenvalue weighted by atomic mass is 10.1. The second kappa shape index (κ2) is 4.36. The highest BCUT2D eigenvalue weighted by Crippen LogP contribution is 2.20. The number of halogens is 3. The van der Waals surface area contributed by atoms with E-state index in [9.17, 15) is 18.0 Å². The Labute approximate surface area is 101 Å². The quantitative estimate of drug-likeness (QED) is 0.880. The highest BCUT2D eigenvalue weighted by atomic mass is 19.4. The van der Waals surface area contributed by atoms with Gasteiger partial charge in [0.05, 0.1) is 11.1 Å². The number of aromatic nitrogens is 1. The van der Waals surface area contributed by atoms with Gasteiger partial charge >= 0.3 is 6.18 Å². The zero-order valence-electron chi connectivity index (χ0n) is 9.58. The molecule has 0 unspecified atom stereocenters. The Morgan fingerprint density at radius 3 is 2.72 bits per heavy atom. The summed E-state index contributed by atoms with van der Waals surface area (Å²) < 4.78 is 37.8. The highest BCUT2D eigenvalue weighted by Gasteiger charge is 2.28. The average Bonchev–Trinajstić information content (AvgIpc) is 2.67. The van der Waals surface area contributed by atoms with Crippen molar-refractivity contribution in [2.24, 2.45) is 7.05 Å². The molecule has 1 N–H and O–H groups in total. The molecule has 0 radical (unpaired) electrons. The number of hydrogen-bond acceptors (Lipinski definition) is 1. The number of fused-ring (bicyclic) bond motifs is 1. The molecule has 2 rings (SSSR count). The minimum Gasteiger partial charge on any atom is -0.350 e. The second-order valence-electron chi connectivity index (χ2n) is 3.97. The number of carbonyl (C=O) groups is 1. The zero-order chi connectivity index (χ0) is 13.3. The minimum atomic E-state index is -4.40. The van der Waals surface area contributed by atoms with Crippen molar-refractivity contribution in [1.82, 2.24) is 9.88 Å². The Bertz CT molecular complexity index is 587. The van der Waals surface area contributed by atoms with Gasteiger partial charge in [-0.3, -0.25) is 4.79 Å². The number of benzene rings is 1. The molecule has 0 fully saturated rings. The maximum atomic E-state index is 12.0. The molecule has 96 valence electrons. The largest absolute Gasteiger partial charge is 0.405 e. The van der Waals surface area contributed by atoms with Gasteiger partial charge < -0.3 is 9.88 Å². The van der Waals surface area contributed by atoms with Crippen LogP contribution in [-0.2, 0) is 7.05 Å². The molecule has 0 saturated heterocycles. The van der Waals surface area contributed by atoms with Crippen LogP contribution in [0.25, 0.3) is 10.9 Å². The fourth-order valence-corrected chi connectivity index (χ4v) is 1.82. The first-order chi connectivity index (χ1) is 8.38. The predicted molar refractivity (Wildman–Crippen MR) is 61.3 cm³/mol. The van der Waals surface area contributed by atoms with Gasteiger partial charge in [0.15, 0.2) is 0 Å². The van der Waals surface area contributed by atoms with Crippen LogP contribution >= 0.6 is 0 Å². The van der Waals surface area contributed by atoms with E-state index in [1.54, 1.807) is 36.0 Å². The first kappa shape index (κ1) is 12.5. The molecule has 1 aromatic carbocycles. The van der Waals surface area contributed by atoms with Crippen LogP contribution in [0.5, 0.6) is 0 Å². The third kappa shape index (κ3) is 2.47. The van der Waals surface area contributed by atoms with Crippen molar-refractivity contribution in [2.75, 3.05) is 6.54 Å². The van der Waals surface area contributed by atoms with Gasteiger partial charge in [-0.2, -0.15) is 13.2 Å². The summed E-state index contributed by atoms with van der Waals surface area (Å²) in [6.07, 6.45) is -2.65. The molecule has 0 aliphatic rings. The monoisotopic (exact) mass is 256 g/mol. The number of nitrogens with one attached hydrogen (secondary N) is 1. The van der Waals surface area contributed by atoms with Crippen LogP contribution in [0.2, 0.25) is 0 Å². The van der Waals surface area contributed by atoms with Crippen LogP contribution in [0.15, 0.2) is 30.5 Å². The van der Waals surface area contributed by atoms with Crippen LogP contribution < -0.4 is 5.32 Å². The third-order valence-corrected chi connectivity index (χ3v) is 2.59. The van der Waals surface area contributed by atoms with Crippen molar-refractivity contribution in [3.05, 3.63) is 36.0 Å². The summed E-state index contributed by atoms with van der Waals surface area (Å²) in [6.45, 7) is -1.33. The Hall–Kier alpha value is -1.98. The SMILES string of the molecule is Cn1ccc2cccc(C(=O)NCC(F)(F)F)c21. The van der Waals surface area contributed by atoms with Crippen LogP contribution in [0, 0.1) is 0 Å². The van der Waals surface area contributed by atoms with Crippen molar-refractivity contribution < 1.29 is 18.0 Å². The summed E-state index contributed by atoms with van der Waals surface area (Å²) in [6, 6.07) is 6.75. The van der Waals surface area contributed by atoms with Gasteiger partial charge in [0.1, 0.15) is 6.54 Å². The number of carbonyl (C=O) groups excluding carboxylic acids is 1. The number of hydrogen-bond donors (Lipinski definition) is 1. The summed E-state index contributed by atoms with van der Waals surface area (Å²) in [4.78, 5) is 11.7. The number of amides is 1. The number of alkyl halides is 3. The van der Waals surface area contributed by atoms with Crippen LogP contribution in [-0.4, -0.2) is 23.2 Å². The lowest BCUT2D eigenvalue weighted by Gasteiger charge is -2.10. The Balaban J connectivity index is 2.30. The normalized spacial score (nSPS) is 11.8. The summed E-state index contributed by atoms with van der Waals surface area (Å²) in [5.74, 6) is -0.722. The molecule has 18 heavy (non-hydrogen) atoms. The van der Waals surface area contributed by atoms with Crippen LogP contribution in [0.1, 0.15) is 10.4 Å². The van der Waals surface area contributed by atoms with E-state index in [4.69, 9.17) is 0 Å². The minimum absolute atomic E-state index is 0.240. The molecule has 0 spiro atoms. The molecule has 0 atom stereocenters. The third-order valence-electron chi connectivity index (χ3n) is 2.59. The Morgan fingerprint density at radius 1 is 1.33 bits per heavy atom. The molecule has 3 nitrogen and oxygen atoms in total.